The molecule has 0 radical (unpaired) electrons. The fourth-order valence-corrected chi connectivity index (χ4v) is 2.88. The zero-order chi connectivity index (χ0) is 18.0. The van der Waals surface area contributed by atoms with Gasteiger partial charge in [-0.2, -0.15) is 0 Å². The Labute approximate surface area is 144 Å². The Bertz CT molecular complexity index is 805. The van der Waals surface area contributed by atoms with Gasteiger partial charge in [0.05, 0.1) is 11.5 Å². The number of nitrogens with zero attached hydrogens (tertiary/aromatic N) is 3. The van der Waals surface area contributed by atoms with Crippen molar-refractivity contribution in [3.8, 4) is 0 Å². The molecule has 1 aliphatic rings. The Morgan fingerprint density at radius 2 is 1.64 bits per heavy atom. The monoisotopic (exact) mass is 339 g/mol. The Morgan fingerprint density at radius 3 is 2.24 bits per heavy atom. The summed E-state index contributed by atoms with van der Waals surface area (Å²) in [5.74, 6) is -0.255. The first-order valence-corrected chi connectivity index (χ1v) is 7.83. The van der Waals surface area contributed by atoms with Gasteiger partial charge in [0.15, 0.2) is 0 Å². The smallest absolute Gasteiger partial charge is 0.315 e. The minimum atomic E-state index is -0.599. The number of imide groups is 1. The molecule has 0 bridgehead atoms. The Kier molecular flexibility index (Phi) is 4.47. The summed E-state index contributed by atoms with van der Waals surface area (Å²) in [5.41, 5.74) is 1.65. The Hall–Kier alpha value is -3.22. The quantitative estimate of drug-likeness (QED) is 0.476. The van der Waals surface area contributed by atoms with Crippen LogP contribution in [-0.4, -0.2) is 39.8 Å². The number of nitro benzene ring substituents is 1. The number of hydrogen-bond donors (Lipinski definition) is 0. The molecule has 3 rings (SSSR count). The average molecular weight is 339 g/mol. The van der Waals surface area contributed by atoms with E-state index in [4.69, 9.17) is 0 Å². The topological polar surface area (TPSA) is 83.8 Å². The molecule has 7 nitrogen and oxygen atoms in total. The van der Waals surface area contributed by atoms with Gasteiger partial charge in [0.1, 0.15) is 6.04 Å². The molecule has 1 unspecified atom stereocenters. The number of hydrogen-bond acceptors (Lipinski definition) is 4. The molecule has 1 heterocycles. The van der Waals surface area contributed by atoms with Crippen molar-refractivity contribution in [1.82, 2.24) is 9.80 Å². The third-order valence-electron chi connectivity index (χ3n) is 4.31. The van der Waals surface area contributed by atoms with Crippen molar-refractivity contribution in [2.45, 2.75) is 19.0 Å². The van der Waals surface area contributed by atoms with Crippen LogP contribution in [0.3, 0.4) is 0 Å². The number of carbonyl (C=O) groups is 2. The van der Waals surface area contributed by atoms with Gasteiger partial charge in [0, 0.05) is 25.6 Å². The number of rotatable bonds is 5. The summed E-state index contributed by atoms with van der Waals surface area (Å²) in [4.78, 5) is 38.0. The number of likely N-dealkylation sites (N-methyl/N-ethyl adjacent to an activating group) is 1. The van der Waals surface area contributed by atoms with Crippen molar-refractivity contribution >= 4 is 17.6 Å². The van der Waals surface area contributed by atoms with Gasteiger partial charge in [-0.05, 0) is 11.1 Å². The highest BCUT2D eigenvalue weighted by Crippen LogP contribution is 2.22. The minimum Gasteiger partial charge on any atom is -0.315 e. The Balaban J connectivity index is 1.75. The summed E-state index contributed by atoms with van der Waals surface area (Å²) in [5, 5.41) is 10.7. The summed E-state index contributed by atoms with van der Waals surface area (Å²) < 4.78 is 0. The van der Waals surface area contributed by atoms with Gasteiger partial charge in [-0.25, -0.2) is 4.79 Å². The number of urea groups is 1. The van der Waals surface area contributed by atoms with Gasteiger partial charge < -0.3 is 4.90 Å². The molecule has 3 amide bonds. The summed E-state index contributed by atoms with van der Waals surface area (Å²) in [6.45, 7) is 0.236. The fourth-order valence-electron chi connectivity index (χ4n) is 2.88. The zero-order valence-corrected chi connectivity index (χ0v) is 13.7. The zero-order valence-electron chi connectivity index (χ0n) is 13.7. The maximum Gasteiger partial charge on any atom is 0.327 e. The lowest BCUT2D eigenvalue weighted by molar-refractivity contribution is -0.384. The molecular formula is C18H17N3O4. The molecule has 0 aromatic heterocycles. The molecule has 2 aromatic carbocycles. The van der Waals surface area contributed by atoms with Crippen LogP contribution < -0.4 is 0 Å². The molecule has 1 saturated heterocycles. The van der Waals surface area contributed by atoms with Crippen molar-refractivity contribution in [3.63, 3.8) is 0 Å². The summed E-state index contributed by atoms with van der Waals surface area (Å²) in [7, 11) is 1.60. The van der Waals surface area contributed by atoms with Crippen LogP contribution in [0.2, 0.25) is 0 Å². The van der Waals surface area contributed by atoms with Crippen molar-refractivity contribution < 1.29 is 14.5 Å². The maximum atomic E-state index is 12.7. The summed E-state index contributed by atoms with van der Waals surface area (Å²) >= 11 is 0. The van der Waals surface area contributed by atoms with E-state index in [-0.39, 0.29) is 24.2 Å². The number of carbonyl (C=O) groups excluding carboxylic acids is 2. The average Bonchev–Trinajstić information content (AvgIpc) is 2.81. The van der Waals surface area contributed by atoms with E-state index in [1.807, 2.05) is 30.3 Å². The molecule has 128 valence electrons. The van der Waals surface area contributed by atoms with E-state index in [2.05, 4.69) is 0 Å². The summed E-state index contributed by atoms with van der Waals surface area (Å²) in [6.07, 6.45) is 0.324. The van der Waals surface area contributed by atoms with Crippen LogP contribution in [0.4, 0.5) is 10.5 Å². The number of nitro groups is 1. The van der Waals surface area contributed by atoms with Gasteiger partial charge in [-0.1, -0.05) is 42.5 Å². The lowest BCUT2D eigenvalue weighted by Crippen LogP contribution is -2.33. The van der Waals surface area contributed by atoms with E-state index in [1.54, 1.807) is 19.2 Å². The van der Waals surface area contributed by atoms with Crippen molar-refractivity contribution in [2.75, 3.05) is 7.05 Å². The molecule has 25 heavy (non-hydrogen) atoms. The SMILES string of the molecule is CN1C(=O)N(Cc2ccccc2)C(=O)C1Cc1ccc([N+](=O)[O-])cc1. The first-order chi connectivity index (χ1) is 12.0. The van der Waals surface area contributed by atoms with Gasteiger partial charge in [0.25, 0.3) is 11.6 Å². The van der Waals surface area contributed by atoms with E-state index in [1.165, 1.54) is 21.9 Å². The highest BCUT2D eigenvalue weighted by Gasteiger charge is 2.42. The molecule has 0 spiro atoms. The lowest BCUT2D eigenvalue weighted by atomic mass is 10.0. The van der Waals surface area contributed by atoms with Crippen molar-refractivity contribution in [3.05, 3.63) is 75.8 Å². The van der Waals surface area contributed by atoms with Crippen LogP contribution in [0.15, 0.2) is 54.6 Å². The number of amides is 3. The Morgan fingerprint density at radius 1 is 1.00 bits per heavy atom. The molecule has 0 N–H and O–H groups in total. The van der Waals surface area contributed by atoms with Gasteiger partial charge in [-0.15, -0.1) is 0 Å². The molecule has 0 saturated carbocycles. The van der Waals surface area contributed by atoms with Gasteiger partial charge in [-0.3, -0.25) is 19.8 Å². The van der Waals surface area contributed by atoms with Gasteiger partial charge >= 0.3 is 6.03 Å². The second-order valence-corrected chi connectivity index (χ2v) is 5.95. The van der Waals surface area contributed by atoms with Crippen molar-refractivity contribution in [2.24, 2.45) is 0 Å². The molecule has 2 aromatic rings. The molecular weight excluding hydrogens is 322 g/mol. The highest BCUT2D eigenvalue weighted by atomic mass is 16.6. The first kappa shape index (κ1) is 16.6. The van der Waals surface area contributed by atoms with Crippen LogP contribution in [-0.2, 0) is 17.8 Å². The second-order valence-electron chi connectivity index (χ2n) is 5.95. The summed E-state index contributed by atoms with van der Waals surface area (Å²) in [6, 6.07) is 14.4. The standard InChI is InChI=1S/C18H17N3O4/c1-19-16(11-13-7-9-15(10-8-13)21(24)25)17(22)20(18(19)23)12-14-5-3-2-4-6-14/h2-10,16H,11-12H2,1H3. The predicted octanol–water partition coefficient (Wildman–Crippen LogP) is 2.60. The lowest BCUT2D eigenvalue weighted by Gasteiger charge is -2.15. The van der Waals surface area contributed by atoms with E-state index >= 15 is 0 Å². The second kappa shape index (κ2) is 6.72. The number of non-ortho nitro benzene ring substituents is 1. The van der Waals surface area contributed by atoms with E-state index in [0.717, 1.165) is 11.1 Å². The molecule has 1 aliphatic heterocycles. The molecule has 1 atom stereocenters. The maximum absolute atomic E-state index is 12.7. The largest absolute Gasteiger partial charge is 0.327 e. The molecule has 1 fully saturated rings. The normalized spacial score (nSPS) is 17.2. The minimum absolute atomic E-state index is 0.00312. The third-order valence-corrected chi connectivity index (χ3v) is 4.31. The van der Waals surface area contributed by atoms with Crippen molar-refractivity contribution in [1.29, 1.82) is 0 Å². The van der Waals surface area contributed by atoms with E-state index < -0.39 is 11.0 Å². The van der Waals surface area contributed by atoms with Crippen LogP contribution in [0.25, 0.3) is 0 Å². The molecule has 7 heteroatoms. The fraction of sp³-hybridized carbons (Fsp3) is 0.222. The number of benzene rings is 2. The van der Waals surface area contributed by atoms with E-state index in [9.17, 15) is 19.7 Å². The highest BCUT2D eigenvalue weighted by molar-refractivity contribution is 6.04. The molecule has 0 aliphatic carbocycles. The third kappa shape index (κ3) is 3.35. The van der Waals surface area contributed by atoms with Crippen LogP contribution in [0.1, 0.15) is 11.1 Å². The van der Waals surface area contributed by atoms with Crippen LogP contribution >= 0.6 is 0 Å². The van der Waals surface area contributed by atoms with Gasteiger partial charge in [0.2, 0.25) is 0 Å². The predicted molar refractivity (Wildman–Crippen MR) is 90.7 cm³/mol. The van der Waals surface area contributed by atoms with E-state index in [0.29, 0.717) is 6.42 Å². The van der Waals surface area contributed by atoms with Crippen LogP contribution in [0.5, 0.6) is 0 Å². The first-order valence-electron chi connectivity index (χ1n) is 7.83. The van der Waals surface area contributed by atoms with Crippen LogP contribution in [0, 0.1) is 10.1 Å².